The van der Waals surface area contributed by atoms with Crippen LogP contribution in [0.2, 0.25) is 0 Å². The Hall–Kier alpha value is -3.85. The Morgan fingerprint density at radius 3 is 2.32 bits per heavy atom. The van der Waals surface area contributed by atoms with Gasteiger partial charge in [-0.05, 0) is 67.4 Å². The van der Waals surface area contributed by atoms with Gasteiger partial charge < -0.3 is 14.4 Å². The molecule has 0 bridgehead atoms. The molecule has 0 spiro atoms. The average molecular weight is 523 g/mol. The summed E-state index contributed by atoms with van der Waals surface area (Å²) < 4.78 is 36.3. The molecule has 1 saturated heterocycles. The van der Waals surface area contributed by atoms with Gasteiger partial charge in [0.1, 0.15) is 17.6 Å². The van der Waals surface area contributed by atoms with Crippen LogP contribution < -0.4 is 15.0 Å². The Balaban J connectivity index is 1.33. The van der Waals surface area contributed by atoms with Gasteiger partial charge in [-0.25, -0.2) is 13.2 Å². The minimum absolute atomic E-state index is 0.129. The van der Waals surface area contributed by atoms with E-state index in [4.69, 9.17) is 9.47 Å². The number of nitrogens with zero attached hydrogens (tertiary/aromatic N) is 2. The van der Waals surface area contributed by atoms with Gasteiger partial charge in [-0.15, -0.1) is 0 Å². The van der Waals surface area contributed by atoms with Gasteiger partial charge in [0.15, 0.2) is 9.84 Å². The number of carbonyl (C=O) groups is 1. The topological polar surface area (TPSA) is 94.9 Å². The highest BCUT2D eigenvalue weighted by atomic mass is 32.2. The lowest BCUT2D eigenvalue weighted by Crippen LogP contribution is -2.43. The number of hydrogen-bond donors (Lipinski definition) is 0. The van der Waals surface area contributed by atoms with E-state index in [0.717, 1.165) is 17.4 Å². The monoisotopic (exact) mass is 522 g/mol. The van der Waals surface area contributed by atoms with E-state index in [9.17, 15) is 18.0 Å². The number of pyridine rings is 1. The van der Waals surface area contributed by atoms with Crippen LogP contribution in [0.5, 0.6) is 11.5 Å². The minimum atomic E-state index is -3.31. The van der Waals surface area contributed by atoms with Crippen LogP contribution in [0.4, 0.5) is 4.79 Å². The molecule has 0 radical (unpaired) electrons. The molecule has 1 aliphatic rings. The lowest BCUT2D eigenvalue weighted by Gasteiger charge is -2.31. The molecule has 0 saturated carbocycles. The Bertz CT molecular complexity index is 1470. The van der Waals surface area contributed by atoms with Gasteiger partial charge in [0.05, 0.1) is 4.90 Å². The molecule has 0 atom stereocenters. The van der Waals surface area contributed by atoms with Crippen LogP contribution in [-0.2, 0) is 9.84 Å². The summed E-state index contributed by atoms with van der Waals surface area (Å²) in [5, 5.41) is 0. The largest absolute Gasteiger partial charge is 0.490 e. The predicted molar refractivity (Wildman–Crippen MR) is 142 cm³/mol. The summed E-state index contributed by atoms with van der Waals surface area (Å²) in [5.74, 6) is 0.995. The zero-order valence-corrected chi connectivity index (χ0v) is 21.9. The molecular weight excluding hydrogens is 492 g/mol. The van der Waals surface area contributed by atoms with Crippen LogP contribution in [0.1, 0.15) is 30.9 Å². The first-order chi connectivity index (χ1) is 17.6. The fourth-order valence-corrected chi connectivity index (χ4v) is 4.82. The van der Waals surface area contributed by atoms with E-state index in [1.54, 1.807) is 35.4 Å². The van der Waals surface area contributed by atoms with Gasteiger partial charge in [0, 0.05) is 50.1 Å². The molecular formula is C28H30N2O6S. The average Bonchev–Trinajstić information content (AvgIpc) is 2.86. The molecule has 1 aliphatic heterocycles. The SMILES string of the molecule is CC=Cc1ccc(OC(=O)N2CCC(Oc3ccn(-c4ccc(S(C)(=O)=O)cc4)c(=O)c3)CC2)c(C)c1. The number of sulfone groups is 1. The summed E-state index contributed by atoms with van der Waals surface area (Å²) in [6.07, 6.45) is 7.40. The second-order valence-electron chi connectivity index (χ2n) is 9.03. The number of benzene rings is 2. The lowest BCUT2D eigenvalue weighted by atomic mass is 10.1. The molecule has 8 nitrogen and oxygen atoms in total. The van der Waals surface area contributed by atoms with Gasteiger partial charge in [-0.1, -0.05) is 18.2 Å². The first-order valence-corrected chi connectivity index (χ1v) is 13.9. The number of aryl methyl sites for hydroxylation is 1. The van der Waals surface area contributed by atoms with E-state index in [-0.39, 0.29) is 22.7 Å². The summed E-state index contributed by atoms with van der Waals surface area (Å²) in [5.41, 5.74) is 2.21. The molecule has 37 heavy (non-hydrogen) atoms. The summed E-state index contributed by atoms with van der Waals surface area (Å²) in [4.78, 5) is 27.2. The van der Waals surface area contributed by atoms with E-state index < -0.39 is 9.84 Å². The van der Waals surface area contributed by atoms with Crippen LogP contribution >= 0.6 is 0 Å². The zero-order chi connectivity index (χ0) is 26.6. The summed E-state index contributed by atoms with van der Waals surface area (Å²) in [6, 6.07) is 14.9. The highest BCUT2D eigenvalue weighted by Gasteiger charge is 2.25. The quantitative estimate of drug-likeness (QED) is 0.469. The molecule has 2 aromatic carbocycles. The van der Waals surface area contributed by atoms with Crippen molar-refractivity contribution in [1.82, 2.24) is 9.47 Å². The highest BCUT2D eigenvalue weighted by Crippen LogP contribution is 2.23. The Morgan fingerprint density at radius 2 is 1.73 bits per heavy atom. The molecule has 4 rings (SSSR count). The zero-order valence-electron chi connectivity index (χ0n) is 21.1. The van der Waals surface area contributed by atoms with Crippen molar-refractivity contribution >= 4 is 22.0 Å². The third-order valence-corrected chi connectivity index (χ3v) is 7.32. The summed E-state index contributed by atoms with van der Waals surface area (Å²) in [6.45, 7) is 4.84. The fraction of sp³-hybridized carbons (Fsp3) is 0.286. The van der Waals surface area contributed by atoms with Crippen LogP contribution in [0.25, 0.3) is 11.8 Å². The van der Waals surface area contributed by atoms with Crippen molar-refractivity contribution in [2.75, 3.05) is 19.3 Å². The third-order valence-electron chi connectivity index (χ3n) is 6.19. The van der Waals surface area contributed by atoms with Crippen molar-refractivity contribution in [2.24, 2.45) is 0 Å². The number of carbonyl (C=O) groups excluding carboxylic acids is 1. The molecule has 0 unspecified atom stereocenters. The number of ether oxygens (including phenoxy) is 2. The van der Waals surface area contributed by atoms with Gasteiger partial charge in [-0.3, -0.25) is 9.36 Å². The normalized spacial score (nSPS) is 14.6. The number of piperidine rings is 1. The van der Waals surface area contributed by atoms with Crippen LogP contribution in [0.3, 0.4) is 0 Å². The number of hydrogen-bond acceptors (Lipinski definition) is 6. The summed E-state index contributed by atoms with van der Waals surface area (Å²) in [7, 11) is -3.31. The van der Waals surface area contributed by atoms with E-state index in [0.29, 0.717) is 43.1 Å². The molecule has 1 amide bonds. The second-order valence-corrected chi connectivity index (χ2v) is 11.0. The minimum Gasteiger partial charge on any atom is -0.490 e. The predicted octanol–water partition coefficient (Wildman–Crippen LogP) is 4.62. The second kappa shape index (κ2) is 11.0. The number of allylic oxidation sites excluding steroid dienone is 1. The first-order valence-electron chi connectivity index (χ1n) is 12.0. The Kier molecular flexibility index (Phi) is 7.83. The van der Waals surface area contributed by atoms with Crippen LogP contribution in [0.15, 0.2) is 76.6 Å². The maximum atomic E-state index is 12.7. The van der Waals surface area contributed by atoms with Crippen molar-refractivity contribution in [1.29, 1.82) is 0 Å². The van der Waals surface area contributed by atoms with Crippen molar-refractivity contribution in [3.05, 3.63) is 88.4 Å². The molecule has 1 fully saturated rings. The summed E-state index contributed by atoms with van der Waals surface area (Å²) >= 11 is 0. The third kappa shape index (κ3) is 6.48. The van der Waals surface area contributed by atoms with E-state index in [1.165, 1.54) is 22.8 Å². The molecule has 9 heteroatoms. The number of rotatable bonds is 6. The molecule has 2 heterocycles. The molecule has 0 aliphatic carbocycles. The Labute approximate surface area is 216 Å². The van der Waals surface area contributed by atoms with Crippen molar-refractivity contribution < 1.29 is 22.7 Å². The molecule has 3 aromatic rings. The van der Waals surface area contributed by atoms with Crippen molar-refractivity contribution in [3.63, 3.8) is 0 Å². The lowest BCUT2D eigenvalue weighted by molar-refractivity contribution is 0.0928. The first kappa shape index (κ1) is 26.2. The number of amides is 1. The molecule has 1 aromatic heterocycles. The van der Waals surface area contributed by atoms with Gasteiger partial charge in [0.2, 0.25) is 0 Å². The highest BCUT2D eigenvalue weighted by molar-refractivity contribution is 7.90. The maximum absolute atomic E-state index is 12.7. The van der Waals surface area contributed by atoms with E-state index in [1.807, 2.05) is 38.1 Å². The number of aromatic nitrogens is 1. The molecule has 194 valence electrons. The molecule has 0 N–H and O–H groups in total. The smallest absolute Gasteiger partial charge is 0.415 e. The Morgan fingerprint density at radius 1 is 1.03 bits per heavy atom. The van der Waals surface area contributed by atoms with Crippen LogP contribution in [0, 0.1) is 6.92 Å². The van der Waals surface area contributed by atoms with Gasteiger partial charge in [0.25, 0.3) is 5.56 Å². The van der Waals surface area contributed by atoms with Gasteiger partial charge >= 0.3 is 6.09 Å². The van der Waals surface area contributed by atoms with E-state index in [2.05, 4.69) is 0 Å². The standard InChI is InChI=1S/C28H30N2O6S/c1-4-5-21-6-11-26(20(2)18-21)36-28(32)29-15-12-23(13-16-29)35-24-14-17-30(27(31)19-24)22-7-9-25(10-8-22)37(3,33)34/h4-11,14,17-19,23H,12-13,15-16H2,1-3H3. The van der Waals surface area contributed by atoms with Gasteiger partial charge in [-0.2, -0.15) is 0 Å². The van der Waals surface area contributed by atoms with Crippen molar-refractivity contribution in [3.8, 4) is 17.2 Å². The number of likely N-dealkylation sites (tertiary alicyclic amines) is 1. The van der Waals surface area contributed by atoms with Crippen LogP contribution in [-0.4, -0.2) is 49.4 Å². The fourth-order valence-electron chi connectivity index (χ4n) is 4.19. The van der Waals surface area contributed by atoms with E-state index >= 15 is 0 Å². The maximum Gasteiger partial charge on any atom is 0.415 e. The van der Waals surface area contributed by atoms with Crippen molar-refractivity contribution in [2.45, 2.75) is 37.7 Å².